The molecule has 0 saturated carbocycles. The maximum Gasteiger partial charge on any atom is 0.270 e. The molecular formula is C22H19F2NO2. The van der Waals surface area contributed by atoms with E-state index in [2.05, 4.69) is 5.32 Å². The minimum atomic E-state index is -1.09. The molecule has 27 heavy (non-hydrogen) atoms. The number of rotatable bonds is 5. The molecule has 0 saturated heterocycles. The molecule has 0 aliphatic heterocycles. The minimum Gasteiger partial charge on any atom is -0.473 e. The fourth-order valence-electron chi connectivity index (χ4n) is 2.67. The summed E-state index contributed by atoms with van der Waals surface area (Å²) in [6.07, 6.45) is -1.09. The van der Waals surface area contributed by atoms with Crippen molar-refractivity contribution in [2.75, 3.05) is 5.32 Å². The lowest BCUT2D eigenvalue weighted by atomic mass is 10.1. The van der Waals surface area contributed by atoms with Crippen LogP contribution in [0, 0.1) is 25.5 Å². The van der Waals surface area contributed by atoms with Crippen LogP contribution in [-0.2, 0) is 4.79 Å². The SMILES string of the molecule is Cc1ccc(C)c(NC(=O)[C@H](Oc2ccc(F)cc2F)c2ccccc2)c1. The van der Waals surface area contributed by atoms with E-state index in [1.54, 1.807) is 24.3 Å². The third-order valence-electron chi connectivity index (χ3n) is 4.13. The summed E-state index contributed by atoms with van der Waals surface area (Å²) >= 11 is 0. The summed E-state index contributed by atoms with van der Waals surface area (Å²) in [5.41, 5.74) is 3.11. The zero-order valence-electron chi connectivity index (χ0n) is 15.0. The topological polar surface area (TPSA) is 38.3 Å². The summed E-state index contributed by atoms with van der Waals surface area (Å²) < 4.78 is 32.8. The van der Waals surface area contributed by atoms with Crippen LogP contribution in [0.1, 0.15) is 22.8 Å². The average molecular weight is 367 g/mol. The largest absolute Gasteiger partial charge is 0.473 e. The number of nitrogens with one attached hydrogen (secondary N) is 1. The van der Waals surface area contributed by atoms with Gasteiger partial charge in [-0.15, -0.1) is 0 Å². The zero-order chi connectivity index (χ0) is 19.4. The number of hydrogen-bond acceptors (Lipinski definition) is 2. The van der Waals surface area contributed by atoms with Crippen molar-refractivity contribution >= 4 is 11.6 Å². The molecule has 0 spiro atoms. The number of halogens is 2. The van der Waals surface area contributed by atoms with Crippen LogP contribution in [0.3, 0.4) is 0 Å². The summed E-state index contributed by atoms with van der Waals surface area (Å²) in [6, 6.07) is 17.5. The molecule has 3 nitrogen and oxygen atoms in total. The van der Waals surface area contributed by atoms with Crippen molar-refractivity contribution in [1.29, 1.82) is 0 Å². The first-order chi connectivity index (χ1) is 12.9. The second-order valence-corrected chi connectivity index (χ2v) is 6.29. The Balaban J connectivity index is 1.92. The molecule has 3 aromatic carbocycles. The lowest BCUT2D eigenvalue weighted by molar-refractivity contribution is -0.123. The second kappa shape index (κ2) is 7.99. The van der Waals surface area contributed by atoms with Gasteiger partial charge in [0.05, 0.1) is 0 Å². The van der Waals surface area contributed by atoms with E-state index in [0.717, 1.165) is 23.3 Å². The summed E-state index contributed by atoms with van der Waals surface area (Å²) in [6.45, 7) is 3.81. The smallest absolute Gasteiger partial charge is 0.270 e. The Morgan fingerprint density at radius 3 is 2.41 bits per heavy atom. The van der Waals surface area contributed by atoms with Gasteiger partial charge in [0, 0.05) is 17.3 Å². The van der Waals surface area contributed by atoms with Crippen molar-refractivity contribution in [2.45, 2.75) is 20.0 Å². The first kappa shape index (κ1) is 18.6. The molecular weight excluding hydrogens is 348 g/mol. The highest BCUT2D eigenvalue weighted by Crippen LogP contribution is 2.27. The van der Waals surface area contributed by atoms with Crippen LogP contribution in [-0.4, -0.2) is 5.91 Å². The molecule has 3 aromatic rings. The van der Waals surface area contributed by atoms with Gasteiger partial charge in [0.2, 0.25) is 6.10 Å². The molecule has 0 heterocycles. The number of carbonyl (C=O) groups is 1. The van der Waals surface area contributed by atoms with Crippen LogP contribution in [0.5, 0.6) is 5.75 Å². The third kappa shape index (κ3) is 4.50. The fraction of sp³-hybridized carbons (Fsp3) is 0.136. The molecule has 0 aliphatic rings. The van der Waals surface area contributed by atoms with E-state index >= 15 is 0 Å². The summed E-state index contributed by atoms with van der Waals surface area (Å²) in [4.78, 5) is 12.9. The number of aryl methyl sites for hydroxylation is 2. The normalized spacial score (nSPS) is 11.7. The Labute approximate surface area is 156 Å². The highest BCUT2D eigenvalue weighted by Gasteiger charge is 2.24. The van der Waals surface area contributed by atoms with Gasteiger partial charge < -0.3 is 10.1 Å². The van der Waals surface area contributed by atoms with Crippen molar-refractivity contribution < 1.29 is 18.3 Å². The Morgan fingerprint density at radius 2 is 1.70 bits per heavy atom. The van der Waals surface area contributed by atoms with E-state index < -0.39 is 23.6 Å². The highest BCUT2D eigenvalue weighted by atomic mass is 19.1. The van der Waals surface area contributed by atoms with Crippen LogP contribution in [0.25, 0.3) is 0 Å². The molecule has 0 aromatic heterocycles. The van der Waals surface area contributed by atoms with Gasteiger partial charge in [-0.2, -0.15) is 0 Å². The van der Waals surface area contributed by atoms with Gasteiger partial charge in [-0.25, -0.2) is 8.78 Å². The molecule has 3 rings (SSSR count). The van der Waals surface area contributed by atoms with E-state index in [4.69, 9.17) is 4.74 Å². The lowest BCUT2D eigenvalue weighted by Gasteiger charge is -2.20. The van der Waals surface area contributed by atoms with E-state index in [0.29, 0.717) is 11.3 Å². The molecule has 1 N–H and O–H groups in total. The van der Waals surface area contributed by atoms with Crippen molar-refractivity contribution in [3.8, 4) is 5.75 Å². The van der Waals surface area contributed by atoms with E-state index in [-0.39, 0.29) is 5.75 Å². The quantitative estimate of drug-likeness (QED) is 0.661. The van der Waals surface area contributed by atoms with Gasteiger partial charge in [0.1, 0.15) is 5.82 Å². The monoisotopic (exact) mass is 367 g/mol. The van der Waals surface area contributed by atoms with Crippen LogP contribution in [0.4, 0.5) is 14.5 Å². The van der Waals surface area contributed by atoms with Crippen LogP contribution in [0.2, 0.25) is 0 Å². The lowest BCUT2D eigenvalue weighted by Crippen LogP contribution is -2.26. The van der Waals surface area contributed by atoms with E-state index in [9.17, 15) is 13.6 Å². The Kier molecular flexibility index (Phi) is 5.50. The zero-order valence-corrected chi connectivity index (χ0v) is 15.0. The molecule has 5 heteroatoms. The molecule has 0 aliphatic carbocycles. The third-order valence-corrected chi connectivity index (χ3v) is 4.13. The van der Waals surface area contributed by atoms with Crippen LogP contribution in [0.15, 0.2) is 66.7 Å². The molecule has 0 bridgehead atoms. The molecule has 0 unspecified atom stereocenters. The Hall–Kier alpha value is -3.21. The van der Waals surface area contributed by atoms with Gasteiger partial charge in [-0.1, -0.05) is 42.5 Å². The first-order valence-electron chi connectivity index (χ1n) is 8.49. The molecule has 138 valence electrons. The average Bonchev–Trinajstić information content (AvgIpc) is 2.64. The Morgan fingerprint density at radius 1 is 0.963 bits per heavy atom. The number of ether oxygens (including phenoxy) is 1. The number of benzene rings is 3. The van der Waals surface area contributed by atoms with Gasteiger partial charge in [-0.3, -0.25) is 4.79 Å². The predicted molar refractivity (Wildman–Crippen MR) is 101 cm³/mol. The maximum atomic E-state index is 14.0. The number of amides is 1. The van der Waals surface area contributed by atoms with Crippen molar-refractivity contribution in [2.24, 2.45) is 0 Å². The first-order valence-corrected chi connectivity index (χ1v) is 8.49. The van der Waals surface area contributed by atoms with Crippen LogP contribution < -0.4 is 10.1 Å². The number of carbonyl (C=O) groups excluding carboxylic acids is 1. The molecule has 0 fully saturated rings. The van der Waals surface area contributed by atoms with Gasteiger partial charge in [-0.05, 0) is 43.2 Å². The van der Waals surface area contributed by atoms with Crippen molar-refractivity contribution in [1.82, 2.24) is 0 Å². The fourth-order valence-corrected chi connectivity index (χ4v) is 2.67. The van der Waals surface area contributed by atoms with Gasteiger partial charge in [0.15, 0.2) is 11.6 Å². The Bertz CT molecular complexity index is 958. The van der Waals surface area contributed by atoms with Gasteiger partial charge in [0.25, 0.3) is 5.91 Å². The summed E-state index contributed by atoms with van der Waals surface area (Å²) in [5, 5.41) is 2.84. The number of anilines is 1. The van der Waals surface area contributed by atoms with Crippen LogP contribution >= 0.6 is 0 Å². The van der Waals surface area contributed by atoms with Gasteiger partial charge >= 0.3 is 0 Å². The summed E-state index contributed by atoms with van der Waals surface area (Å²) in [5.74, 6) is -2.22. The highest BCUT2D eigenvalue weighted by molar-refractivity contribution is 5.95. The maximum absolute atomic E-state index is 14.0. The van der Waals surface area contributed by atoms with Crippen molar-refractivity contribution in [3.63, 3.8) is 0 Å². The number of hydrogen-bond donors (Lipinski definition) is 1. The van der Waals surface area contributed by atoms with E-state index in [1.807, 2.05) is 38.1 Å². The van der Waals surface area contributed by atoms with E-state index in [1.165, 1.54) is 6.07 Å². The molecule has 1 atom stereocenters. The molecule has 1 amide bonds. The second-order valence-electron chi connectivity index (χ2n) is 6.29. The van der Waals surface area contributed by atoms with Crippen molar-refractivity contribution in [3.05, 3.63) is 95.1 Å². The predicted octanol–water partition coefficient (Wildman–Crippen LogP) is 5.34. The minimum absolute atomic E-state index is 0.193. The standard InChI is InChI=1S/C22H19F2NO2/c1-14-8-9-15(2)19(12-14)25-22(26)21(16-6-4-3-5-7-16)27-20-11-10-17(23)13-18(20)24/h3-13,21H,1-2H3,(H,25,26)/t21-/m1/s1. The molecule has 0 radical (unpaired) electrons. The summed E-state index contributed by atoms with van der Waals surface area (Å²) in [7, 11) is 0.